The number of nitrogens with zero attached hydrogens (tertiary/aromatic N) is 3. The molecule has 0 saturated carbocycles. The van der Waals surface area contributed by atoms with Crippen LogP contribution in [0.2, 0.25) is 0 Å². The van der Waals surface area contributed by atoms with Gasteiger partial charge in [-0.2, -0.15) is 5.10 Å². The molecule has 7 heteroatoms. The van der Waals surface area contributed by atoms with Crippen LogP contribution >= 0.6 is 0 Å². The number of nitrogen functional groups attached to an aromatic ring is 1. The summed E-state index contributed by atoms with van der Waals surface area (Å²) in [6, 6.07) is 7.77. The van der Waals surface area contributed by atoms with E-state index in [4.69, 9.17) is 15.2 Å². The summed E-state index contributed by atoms with van der Waals surface area (Å²) < 4.78 is 12.3. The number of aromatic nitrogens is 2. The van der Waals surface area contributed by atoms with Gasteiger partial charge >= 0.3 is 0 Å². The topological polar surface area (TPSA) is 82.6 Å². The summed E-state index contributed by atoms with van der Waals surface area (Å²) in [6.07, 6.45) is 5.50. The van der Waals surface area contributed by atoms with E-state index in [9.17, 15) is 4.79 Å². The number of ether oxygens (including phenoxy) is 2. The van der Waals surface area contributed by atoms with E-state index < -0.39 is 0 Å². The molecule has 0 spiro atoms. The van der Waals surface area contributed by atoms with E-state index in [-0.39, 0.29) is 11.8 Å². The lowest BCUT2D eigenvalue weighted by Gasteiger charge is -2.34. The van der Waals surface area contributed by atoms with E-state index in [0.29, 0.717) is 17.4 Å². The summed E-state index contributed by atoms with van der Waals surface area (Å²) in [5.74, 6) is 1.24. The molecule has 1 unspecified atom stereocenters. The third kappa shape index (κ3) is 3.44. The van der Waals surface area contributed by atoms with Crippen LogP contribution in [-0.4, -0.2) is 59.4 Å². The molecule has 2 N–H and O–H groups in total. The molecule has 1 aromatic heterocycles. The first-order valence-electron chi connectivity index (χ1n) is 9.54. The first kappa shape index (κ1) is 18.0. The molecule has 2 aliphatic heterocycles. The number of benzene rings is 1. The molecule has 0 aliphatic carbocycles. The van der Waals surface area contributed by atoms with E-state index in [1.165, 1.54) is 0 Å². The predicted molar refractivity (Wildman–Crippen MR) is 102 cm³/mol. The Morgan fingerprint density at radius 3 is 2.67 bits per heavy atom. The highest BCUT2D eigenvalue weighted by atomic mass is 16.5. The number of rotatable bonds is 5. The zero-order valence-electron chi connectivity index (χ0n) is 15.6. The summed E-state index contributed by atoms with van der Waals surface area (Å²) in [4.78, 5) is 15.6. The van der Waals surface area contributed by atoms with Gasteiger partial charge in [0, 0.05) is 19.3 Å². The van der Waals surface area contributed by atoms with Gasteiger partial charge in [-0.15, -0.1) is 0 Å². The number of carbonyl (C=O) groups excluding carboxylic acids is 1. The fourth-order valence-corrected chi connectivity index (χ4v) is 4.18. The van der Waals surface area contributed by atoms with E-state index in [0.717, 1.165) is 56.9 Å². The van der Waals surface area contributed by atoms with Gasteiger partial charge in [-0.3, -0.25) is 9.69 Å². The fraction of sp³-hybridized carbons (Fsp3) is 0.500. The van der Waals surface area contributed by atoms with Crippen LogP contribution in [0.5, 0.6) is 5.75 Å². The van der Waals surface area contributed by atoms with Crippen molar-refractivity contribution in [3.63, 3.8) is 0 Å². The molecular formula is C20H26N4O3. The minimum atomic E-state index is -0.107. The smallest absolute Gasteiger partial charge is 0.185 e. The lowest BCUT2D eigenvalue weighted by molar-refractivity contribution is 0.0286. The lowest BCUT2D eigenvalue weighted by Crippen LogP contribution is -2.45. The summed E-state index contributed by atoms with van der Waals surface area (Å²) >= 11 is 0. The average molecular weight is 370 g/mol. The maximum absolute atomic E-state index is 13.2. The summed E-state index contributed by atoms with van der Waals surface area (Å²) in [5.41, 5.74) is 7.62. The molecule has 0 radical (unpaired) electrons. The van der Waals surface area contributed by atoms with Crippen LogP contribution in [-0.2, 0) is 4.74 Å². The number of anilines is 1. The van der Waals surface area contributed by atoms with Crippen molar-refractivity contribution in [3.05, 3.63) is 36.0 Å². The maximum atomic E-state index is 13.2. The van der Waals surface area contributed by atoms with Crippen molar-refractivity contribution < 1.29 is 14.3 Å². The second-order valence-electron chi connectivity index (χ2n) is 7.16. The molecule has 1 atom stereocenters. The van der Waals surface area contributed by atoms with Crippen molar-refractivity contribution in [3.8, 4) is 11.4 Å². The Morgan fingerprint density at radius 1 is 1.22 bits per heavy atom. The number of nitrogens with two attached hydrogens (primary N) is 1. The number of Topliss-reactive ketones (excluding diaryl/α,β-unsaturated/α-hetero) is 1. The highest BCUT2D eigenvalue weighted by Gasteiger charge is 2.37. The molecule has 4 rings (SSSR count). The van der Waals surface area contributed by atoms with Gasteiger partial charge in [0.2, 0.25) is 0 Å². The van der Waals surface area contributed by atoms with Crippen molar-refractivity contribution in [2.24, 2.45) is 0 Å². The van der Waals surface area contributed by atoms with Crippen molar-refractivity contribution in [2.75, 3.05) is 32.6 Å². The van der Waals surface area contributed by atoms with Crippen molar-refractivity contribution >= 4 is 11.6 Å². The second kappa shape index (κ2) is 7.70. The Hall–Kier alpha value is -2.38. The Morgan fingerprint density at radius 2 is 1.96 bits per heavy atom. The largest absolute Gasteiger partial charge is 0.497 e. The number of hydrogen-bond donors (Lipinski definition) is 1. The Balaban J connectivity index is 1.55. The first-order valence-corrected chi connectivity index (χ1v) is 9.54. The zero-order valence-corrected chi connectivity index (χ0v) is 15.6. The molecule has 1 aromatic carbocycles. The molecule has 0 bridgehead atoms. The van der Waals surface area contributed by atoms with Crippen molar-refractivity contribution in [2.45, 2.75) is 37.8 Å². The molecule has 0 amide bonds. The second-order valence-corrected chi connectivity index (χ2v) is 7.16. The maximum Gasteiger partial charge on any atom is 0.185 e. The Bertz CT molecular complexity index is 796. The lowest BCUT2D eigenvalue weighted by atomic mass is 10.0. The fourth-order valence-electron chi connectivity index (χ4n) is 4.18. The zero-order chi connectivity index (χ0) is 18.8. The molecule has 2 saturated heterocycles. The van der Waals surface area contributed by atoms with Gasteiger partial charge in [-0.05, 0) is 56.5 Å². The molecule has 2 fully saturated rings. The highest BCUT2D eigenvalue weighted by molar-refractivity contribution is 6.03. The third-order valence-electron chi connectivity index (χ3n) is 5.65. The SMILES string of the molecule is COc1ccc(-n2ncc(C(=O)C3CCCN3C3CCOCC3)c2N)cc1. The van der Waals surface area contributed by atoms with Gasteiger partial charge in [0.15, 0.2) is 5.78 Å². The van der Waals surface area contributed by atoms with Gasteiger partial charge in [-0.1, -0.05) is 0 Å². The third-order valence-corrected chi connectivity index (χ3v) is 5.65. The van der Waals surface area contributed by atoms with Crippen molar-refractivity contribution in [1.82, 2.24) is 14.7 Å². The quantitative estimate of drug-likeness (QED) is 0.813. The van der Waals surface area contributed by atoms with Gasteiger partial charge in [-0.25, -0.2) is 4.68 Å². The molecule has 2 aromatic rings. The van der Waals surface area contributed by atoms with Crippen LogP contribution in [0, 0.1) is 0 Å². The number of likely N-dealkylation sites (tertiary alicyclic amines) is 1. The minimum absolute atomic E-state index is 0.0799. The predicted octanol–water partition coefficient (Wildman–Crippen LogP) is 2.29. The molecule has 2 aliphatic rings. The van der Waals surface area contributed by atoms with Crippen LogP contribution in [0.1, 0.15) is 36.0 Å². The Labute approximate surface area is 159 Å². The first-order chi connectivity index (χ1) is 13.2. The summed E-state index contributed by atoms with van der Waals surface area (Å²) in [6.45, 7) is 2.52. The van der Waals surface area contributed by atoms with Gasteiger partial charge in [0.25, 0.3) is 0 Å². The average Bonchev–Trinajstić information content (AvgIpc) is 3.35. The highest BCUT2D eigenvalue weighted by Crippen LogP contribution is 2.29. The molecular weight excluding hydrogens is 344 g/mol. The minimum Gasteiger partial charge on any atom is -0.497 e. The number of ketones is 1. The van der Waals surface area contributed by atoms with Crippen molar-refractivity contribution in [1.29, 1.82) is 0 Å². The number of carbonyl (C=O) groups is 1. The number of hydrogen-bond acceptors (Lipinski definition) is 6. The van der Waals surface area contributed by atoms with Crippen LogP contribution < -0.4 is 10.5 Å². The normalized spacial score (nSPS) is 21.4. The molecule has 7 nitrogen and oxygen atoms in total. The van der Waals surface area contributed by atoms with Gasteiger partial charge in [0.1, 0.15) is 11.6 Å². The van der Waals surface area contributed by atoms with Gasteiger partial charge in [0.05, 0.1) is 30.6 Å². The Kier molecular flexibility index (Phi) is 5.13. The molecule has 3 heterocycles. The molecule has 27 heavy (non-hydrogen) atoms. The molecule has 144 valence electrons. The van der Waals surface area contributed by atoms with Crippen LogP contribution in [0.15, 0.2) is 30.5 Å². The van der Waals surface area contributed by atoms with E-state index in [2.05, 4.69) is 10.00 Å². The monoisotopic (exact) mass is 370 g/mol. The number of methoxy groups -OCH3 is 1. The van der Waals surface area contributed by atoms with Crippen LogP contribution in [0.3, 0.4) is 0 Å². The van der Waals surface area contributed by atoms with Crippen LogP contribution in [0.4, 0.5) is 5.82 Å². The summed E-state index contributed by atoms with van der Waals surface area (Å²) in [5, 5.41) is 4.36. The van der Waals surface area contributed by atoms with Crippen LogP contribution in [0.25, 0.3) is 5.69 Å². The van der Waals surface area contributed by atoms with E-state index in [1.807, 2.05) is 24.3 Å². The van der Waals surface area contributed by atoms with E-state index >= 15 is 0 Å². The van der Waals surface area contributed by atoms with Gasteiger partial charge < -0.3 is 15.2 Å². The standard InChI is InChI=1S/C20H26N4O3/c1-26-16-6-4-15(5-7-16)24-20(21)17(13-22-24)19(25)18-3-2-10-23(18)14-8-11-27-12-9-14/h4-7,13-14,18H,2-3,8-12,21H2,1H3. The summed E-state index contributed by atoms with van der Waals surface area (Å²) in [7, 11) is 1.62. The van der Waals surface area contributed by atoms with E-state index in [1.54, 1.807) is 18.0 Å².